The highest BCUT2D eigenvalue weighted by Crippen LogP contribution is 2.19. The maximum atomic E-state index is 9.66. The lowest BCUT2D eigenvalue weighted by atomic mass is 10.1. The molecule has 4 nitrogen and oxygen atoms in total. The van der Waals surface area contributed by atoms with Crippen LogP contribution in [-0.2, 0) is 0 Å². The first-order valence-corrected chi connectivity index (χ1v) is 6.11. The Bertz CT molecular complexity index is 325. The molecule has 0 aliphatic carbocycles. The smallest absolute Gasteiger partial charge is 0.0957 e. The van der Waals surface area contributed by atoms with Crippen molar-refractivity contribution < 1.29 is 10.2 Å². The molecule has 2 N–H and O–H groups in total. The predicted molar refractivity (Wildman–Crippen MR) is 69.1 cm³/mol. The second kappa shape index (κ2) is 6.57. The van der Waals surface area contributed by atoms with E-state index in [1.165, 1.54) is 0 Å². The fourth-order valence-corrected chi connectivity index (χ4v) is 1.77. The summed E-state index contributed by atoms with van der Waals surface area (Å²) >= 11 is 0. The molecule has 0 amide bonds. The Balaban J connectivity index is 2.84. The SMILES string of the molecule is CCC(O)c1ccc(N(CCO)C(C)C)cn1. The van der Waals surface area contributed by atoms with Crippen molar-refractivity contribution in [3.05, 3.63) is 24.0 Å². The molecular weight excluding hydrogens is 216 g/mol. The van der Waals surface area contributed by atoms with Crippen LogP contribution >= 0.6 is 0 Å². The van der Waals surface area contributed by atoms with Crippen LogP contribution in [-0.4, -0.2) is 34.4 Å². The summed E-state index contributed by atoms with van der Waals surface area (Å²) in [5.74, 6) is 0. The lowest BCUT2D eigenvalue weighted by molar-refractivity contribution is 0.169. The minimum Gasteiger partial charge on any atom is -0.395 e. The largest absolute Gasteiger partial charge is 0.395 e. The number of aliphatic hydroxyl groups is 2. The number of rotatable bonds is 6. The van der Waals surface area contributed by atoms with Gasteiger partial charge in [0.25, 0.3) is 0 Å². The van der Waals surface area contributed by atoms with Gasteiger partial charge in [0, 0.05) is 12.6 Å². The van der Waals surface area contributed by atoms with Gasteiger partial charge in [0.1, 0.15) is 0 Å². The van der Waals surface area contributed by atoms with E-state index in [1.54, 1.807) is 6.20 Å². The summed E-state index contributed by atoms with van der Waals surface area (Å²) in [6.07, 6.45) is 1.93. The van der Waals surface area contributed by atoms with Crippen molar-refractivity contribution in [3.63, 3.8) is 0 Å². The average molecular weight is 238 g/mol. The Morgan fingerprint density at radius 3 is 2.47 bits per heavy atom. The third kappa shape index (κ3) is 3.68. The number of nitrogens with zero attached hydrogens (tertiary/aromatic N) is 2. The number of aromatic nitrogens is 1. The molecule has 0 saturated carbocycles. The highest BCUT2D eigenvalue weighted by atomic mass is 16.3. The van der Waals surface area contributed by atoms with Crippen LogP contribution in [0.3, 0.4) is 0 Å². The fourth-order valence-electron chi connectivity index (χ4n) is 1.77. The number of hydrogen-bond acceptors (Lipinski definition) is 4. The molecule has 1 rings (SSSR count). The summed E-state index contributed by atoms with van der Waals surface area (Å²) in [5.41, 5.74) is 1.67. The second-order valence-corrected chi connectivity index (χ2v) is 4.38. The number of anilines is 1. The first kappa shape index (κ1) is 13.9. The molecule has 4 heteroatoms. The van der Waals surface area contributed by atoms with Crippen LogP contribution in [0.1, 0.15) is 39.0 Å². The maximum Gasteiger partial charge on any atom is 0.0957 e. The van der Waals surface area contributed by atoms with Gasteiger partial charge >= 0.3 is 0 Å². The van der Waals surface area contributed by atoms with Gasteiger partial charge in [0.05, 0.1) is 30.3 Å². The van der Waals surface area contributed by atoms with Gasteiger partial charge in [0.2, 0.25) is 0 Å². The summed E-state index contributed by atoms with van der Waals surface area (Å²) in [6.45, 7) is 6.79. The molecule has 0 saturated heterocycles. The predicted octanol–water partition coefficient (Wildman–Crippen LogP) is 1.73. The van der Waals surface area contributed by atoms with Gasteiger partial charge < -0.3 is 15.1 Å². The Morgan fingerprint density at radius 1 is 1.35 bits per heavy atom. The van der Waals surface area contributed by atoms with Crippen LogP contribution in [0.2, 0.25) is 0 Å². The van der Waals surface area contributed by atoms with Gasteiger partial charge in [-0.1, -0.05) is 6.92 Å². The molecule has 0 aliphatic heterocycles. The molecule has 17 heavy (non-hydrogen) atoms. The molecule has 1 aromatic heterocycles. The van der Waals surface area contributed by atoms with E-state index >= 15 is 0 Å². The molecule has 0 bridgehead atoms. The van der Waals surface area contributed by atoms with Crippen molar-refractivity contribution in [1.82, 2.24) is 4.98 Å². The van der Waals surface area contributed by atoms with Crippen LogP contribution in [0.15, 0.2) is 18.3 Å². The van der Waals surface area contributed by atoms with E-state index < -0.39 is 6.10 Å². The number of hydrogen-bond donors (Lipinski definition) is 2. The Morgan fingerprint density at radius 2 is 2.06 bits per heavy atom. The zero-order valence-corrected chi connectivity index (χ0v) is 10.8. The Kier molecular flexibility index (Phi) is 5.38. The average Bonchev–Trinajstić information content (AvgIpc) is 2.35. The van der Waals surface area contributed by atoms with E-state index in [-0.39, 0.29) is 6.61 Å². The normalized spacial score (nSPS) is 12.8. The molecule has 0 radical (unpaired) electrons. The van der Waals surface area contributed by atoms with Gasteiger partial charge in [0.15, 0.2) is 0 Å². The molecule has 0 aromatic carbocycles. The first-order valence-electron chi connectivity index (χ1n) is 6.11. The van der Waals surface area contributed by atoms with E-state index in [2.05, 4.69) is 23.7 Å². The van der Waals surface area contributed by atoms with Gasteiger partial charge in [-0.2, -0.15) is 0 Å². The van der Waals surface area contributed by atoms with Gasteiger partial charge in [-0.15, -0.1) is 0 Å². The highest BCUT2D eigenvalue weighted by molar-refractivity contribution is 5.45. The minimum absolute atomic E-state index is 0.123. The third-order valence-electron chi connectivity index (χ3n) is 2.79. The summed E-state index contributed by atoms with van der Waals surface area (Å²) < 4.78 is 0. The van der Waals surface area contributed by atoms with E-state index in [9.17, 15) is 5.11 Å². The van der Waals surface area contributed by atoms with E-state index in [1.807, 2.05) is 19.1 Å². The summed E-state index contributed by atoms with van der Waals surface area (Å²) in [6, 6.07) is 4.10. The minimum atomic E-state index is -0.491. The number of pyridine rings is 1. The van der Waals surface area contributed by atoms with Gasteiger partial charge in [-0.25, -0.2) is 0 Å². The molecule has 1 aromatic rings. The lowest BCUT2D eigenvalue weighted by Gasteiger charge is -2.28. The van der Waals surface area contributed by atoms with Crippen molar-refractivity contribution in [3.8, 4) is 0 Å². The second-order valence-electron chi connectivity index (χ2n) is 4.38. The Hall–Kier alpha value is -1.13. The zero-order valence-electron chi connectivity index (χ0n) is 10.8. The van der Waals surface area contributed by atoms with Crippen LogP contribution in [0.4, 0.5) is 5.69 Å². The molecule has 1 atom stereocenters. The van der Waals surface area contributed by atoms with Crippen molar-refractivity contribution >= 4 is 5.69 Å². The standard InChI is InChI=1S/C13H22N2O2/c1-4-13(17)12-6-5-11(9-14-12)15(7-8-16)10(2)3/h5-6,9-10,13,16-17H,4,7-8H2,1-3H3. The van der Waals surface area contributed by atoms with Gasteiger partial charge in [-0.05, 0) is 32.4 Å². The van der Waals surface area contributed by atoms with Crippen molar-refractivity contribution in [1.29, 1.82) is 0 Å². The molecule has 1 unspecified atom stereocenters. The lowest BCUT2D eigenvalue weighted by Crippen LogP contribution is -2.33. The van der Waals surface area contributed by atoms with E-state index in [4.69, 9.17) is 5.11 Å². The quantitative estimate of drug-likeness (QED) is 0.792. The highest BCUT2D eigenvalue weighted by Gasteiger charge is 2.11. The third-order valence-corrected chi connectivity index (χ3v) is 2.79. The summed E-state index contributed by atoms with van der Waals surface area (Å²) in [4.78, 5) is 6.34. The number of aliphatic hydroxyl groups excluding tert-OH is 2. The van der Waals surface area contributed by atoms with Crippen molar-refractivity contribution in [2.45, 2.75) is 39.3 Å². The fraction of sp³-hybridized carbons (Fsp3) is 0.615. The van der Waals surface area contributed by atoms with Crippen LogP contribution < -0.4 is 4.90 Å². The molecule has 0 aliphatic rings. The van der Waals surface area contributed by atoms with Crippen LogP contribution in [0, 0.1) is 0 Å². The van der Waals surface area contributed by atoms with E-state index in [0.717, 1.165) is 5.69 Å². The molecule has 0 spiro atoms. The van der Waals surface area contributed by atoms with Crippen LogP contribution in [0.25, 0.3) is 0 Å². The molecule has 0 fully saturated rings. The van der Waals surface area contributed by atoms with Crippen LogP contribution in [0.5, 0.6) is 0 Å². The summed E-state index contributed by atoms with van der Waals surface area (Å²) in [5, 5.41) is 18.7. The maximum absolute atomic E-state index is 9.66. The van der Waals surface area contributed by atoms with Crippen molar-refractivity contribution in [2.24, 2.45) is 0 Å². The molecular formula is C13H22N2O2. The van der Waals surface area contributed by atoms with E-state index in [0.29, 0.717) is 24.7 Å². The first-order chi connectivity index (χ1) is 8.10. The van der Waals surface area contributed by atoms with Gasteiger partial charge in [-0.3, -0.25) is 4.98 Å². The zero-order chi connectivity index (χ0) is 12.8. The topological polar surface area (TPSA) is 56.6 Å². The summed E-state index contributed by atoms with van der Waals surface area (Å²) in [7, 11) is 0. The molecule has 1 heterocycles. The Labute approximate surface area is 103 Å². The monoisotopic (exact) mass is 238 g/mol. The molecule has 96 valence electrons. The van der Waals surface area contributed by atoms with Crippen molar-refractivity contribution in [2.75, 3.05) is 18.1 Å².